The van der Waals surface area contributed by atoms with Crippen molar-refractivity contribution >= 4 is 23.2 Å². The van der Waals surface area contributed by atoms with E-state index in [2.05, 4.69) is 5.32 Å². The fourth-order valence-electron chi connectivity index (χ4n) is 3.05. The molecule has 1 saturated heterocycles. The lowest BCUT2D eigenvalue weighted by molar-refractivity contribution is -0.117. The molecule has 1 heterocycles. The number of ether oxygens (including phenoxy) is 1. The highest BCUT2D eigenvalue weighted by atomic mass is 19.1. The fraction of sp³-hybridized carbons (Fsp3) is 0.333. The van der Waals surface area contributed by atoms with Gasteiger partial charge in [-0.3, -0.25) is 9.59 Å². The Kier molecular flexibility index (Phi) is 5.74. The summed E-state index contributed by atoms with van der Waals surface area (Å²) < 4.78 is 20.0. The van der Waals surface area contributed by atoms with E-state index in [4.69, 9.17) is 4.74 Å². The summed E-state index contributed by atoms with van der Waals surface area (Å²) in [6.45, 7) is 4.69. The van der Waals surface area contributed by atoms with Gasteiger partial charge < -0.3 is 15.0 Å². The summed E-state index contributed by atoms with van der Waals surface area (Å²) in [5, 5.41) is 2.66. The van der Waals surface area contributed by atoms with Crippen LogP contribution in [0.1, 0.15) is 30.4 Å². The number of halogens is 1. The molecule has 2 amide bonds. The highest BCUT2D eigenvalue weighted by Crippen LogP contribution is 2.27. The van der Waals surface area contributed by atoms with Crippen LogP contribution in [0.5, 0.6) is 5.75 Å². The SMILES string of the molecule is Cc1ccc(C)c(OCCC(=O)Nc2ccc(N3CCCC3=O)c(F)c2)c1. The molecule has 0 bridgehead atoms. The molecule has 27 heavy (non-hydrogen) atoms. The first-order valence-corrected chi connectivity index (χ1v) is 9.04. The number of nitrogens with one attached hydrogen (secondary N) is 1. The Balaban J connectivity index is 1.54. The van der Waals surface area contributed by atoms with Crippen LogP contribution < -0.4 is 15.0 Å². The van der Waals surface area contributed by atoms with Crippen LogP contribution in [0, 0.1) is 19.7 Å². The highest BCUT2D eigenvalue weighted by molar-refractivity contribution is 5.96. The van der Waals surface area contributed by atoms with Gasteiger partial charge in [0.05, 0.1) is 18.7 Å². The first-order valence-electron chi connectivity index (χ1n) is 9.04. The summed E-state index contributed by atoms with van der Waals surface area (Å²) in [4.78, 5) is 25.3. The summed E-state index contributed by atoms with van der Waals surface area (Å²) in [7, 11) is 0. The second-order valence-corrected chi connectivity index (χ2v) is 6.73. The van der Waals surface area contributed by atoms with Crippen LogP contribution in [-0.2, 0) is 9.59 Å². The van der Waals surface area contributed by atoms with Crippen LogP contribution in [0.2, 0.25) is 0 Å². The lowest BCUT2D eigenvalue weighted by atomic mass is 10.1. The average molecular weight is 370 g/mol. The van der Waals surface area contributed by atoms with E-state index in [0.717, 1.165) is 23.3 Å². The molecular weight excluding hydrogens is 347 g/mol. The van der Waals surface area contributed by atoms with Crippen LogP contribution in [0.3, 0.4) is 0 Å². The zero-order chi connectivity index (χ0) is 19.4. The number of carbonyl (C=O) groups is 2. The van der Waals surface area contributed by atoms with Crippen LogP contribution in [0.4, 0.5) is 15.8 Å². The molecule has 5 nitrogen and oxygen atoms in total. The predicted molar refractivity (Wildman–Crippen MR) is 103 cm³/mol. The van der Waals surface area contributed by atoms with Gasteiger partial charge >= 0.3 is 0 Å². The van der Waals surface area contributed by atoms with E-state index in [1.807, 2.05) is 32.0 Å². The average Bonchev–Trinajstić information content (AvgIpc) is 3.04. The number of nitrogens with zero attached hydrogens (tertiary/aromatic N) is 1. The molecule has 2 aromatic rings. The van der Waals surface area contributed by atoms with E-state index in [1.54, 1.807) is 6.07 Å². The summed E-state index contributed by atoms with van der Waals surface area (Å²) >= 11 is 0. The zero-order valence-corrected chi connectivity index (χ0v) is 15.5. The Morgan fingerprint density at radius 2 is 2.04 bits per heavy atom. The normalized spacial score (nSPS) is 13.7. The van der Waals surface area contributed by atoms with Gasteiger partial charge in [-0.15, -0.1) is 0 Å². The Morgan fingerprint density at radius 3 is 2.74 bits per heavy atom. The van der Waals surface area contributed by atoms with Gasteiger partial charge in [0.15, 0.2) is 0 Å². The maximum absolute atomic E-state index is 14.3. The van der Waals surface area contributed by atoms with Gasteiger partial charge in [-0.2, -0.15) is 0 Å². The van der Waals surface area contributed by atoms with E-state index in [-0.39, 0.29) is 30.5 Å². The number of amides is 2. The van der Waals surface area contributed by atoms with Crippen LogP contribution >= 0.6 is 0 Å². The lowest BCUT2D eigenvalue weighted by Gasteiger charge is -2.17. The summed E-state index contributed by atoms with van der Waals surface area (Å²) in [5.74, 6) is -0.0952. The predicted octanol–water partition coefficient (Wildman–Crippen LogP) is 3.98. The molecule has 2 aromatic carbocycles. The van der Waals surface area contributed by atoms with Gasteiger partial charge in [0.2, 0.25) is 11.8 Å². The van der Waals surface area contributed by atoms with Gasteiger partial charge in [0.25, 0.3) is 0 Å². The molecule has 1 fully saturated rings. The number of carbonyl (C=O) groups excluding carboxylic acids is 2. The third kappa shape index (κ3) is 4.64. The number of benzene rings is 2. The van der Waals surface area contributed by atoms with E-state index in [9.17, 15) is 14.0 Å². The smallest absolute Gasteiger partial charge is 0.227 e. The van der Waals surface area contributed by atoms with E-state index >= 15 is 0 Å². The molecule has 1 aliphatic heterocycles. The van der Waals surface area contributed by atoms with Gasteiger partial charge in [-0.05, 0) is 55.7 Å². The molecule has 0 atom stereocenters. The second-order valence-electron chi connectivity index (χ2n) is 6.73. The third-order valence-corrected chi connectivity index (χ3v) is 4.53. The van der Waals surface area contributed by atoms with Crippen molar-refractivity contribution < 1.29 is 18.7 Å². The molecule has 0 aliphatic carbocycles. The molecule has 142 valence electrons. The third-order valence-electron chi connectivity index (χ3n) is 4.53. The Morgan fingerprint density at radius 1 is 1.22 bits per heavy atom. The van der Waals surface area contributed by atoms with Crippen molar-refractivity contribution in [2.24, 2.45) is 0 Å². The standard InChI is InChI=1S/C21H23FN2O3/c1-14-5-6-15(2)19(12-14)27-11-9-20(25)23-16-7-8-18(17(22)13-16)24-10-3-4-21(24)26/h5-8,12-13H,3-4,9-11H2,1-2H3,(H,23,25). The van der Waals surface area contributed by atoms with Crippen LogP contribution in [0.25, 0.3) is 0 Å². The van der Waals surface area contributed by atoms with Crippen molar-refractivity contribution in [2.45, 2.75) is 33.1 Å². The topological polar surface area (TPSA) is 58.6 Å². The molecule has 0 aromatic heterocycles. The molecule has 1 N–H and O–H groups in total. The minimum atomic E-state index is -0.519. The second kappa shape index (κ2) is 8.20. The maximum Gasteiger partial charge on any atom is 0.227 e. The number of rotatable bonds is 6. The molecular formula is C21H23FN2O3. The van der Waals surface area contributed by atoms with Crippen LogP contribution in [-0.4, -0.2) is 25.0 Å². The Bertz CT molecular complexity index is 867. The van der Waals surface area contributed by atoms with Gasteiger partial charge in [-0.25, -0.2) is 4.39 Å². The van der Waals surface area contributed by atoms with Crippen molar-refractivity contribution in [2.75, 3.05) is 23.4 Å². The van der Waals surface area contributed by atoms with Crippen molar-refractivity contribution in [3.05, 3.63) is 53.3 Å². The highest BCUT2D eigenvalue weighted by Gasteiger charge is 2.24. The number of aryl methyl sites for hydroxylation is 2. The van der Waals surface area contributed by atoms with E-state index in [1.165, 1.54) is 17.0 Å². The minimum absolute atomic E-state index is 0.0747. The van der Waals surface area contributed by atoms with Crippen molar-refractivity contribution in [1.82, 2.24) is 0 Å². The molecule has 0 radical (unpaired) electrons. The first kappa shape index (κ1) is 18.9. The van der Waals surface area contributed by atoms with Crippen molar-refractivity contribution in [3.63, 3.8) is 0 Å². The zero-order valence-electron chi connectivity index (χ0n) is 15.5. The van der Waals surface area contributed by atoms with Crippen molar-refractivity contribution in [3.8, 4) is 5.75 Å². The fourth-order valence-corrected chi connectivity index (χ4v) is 3.05. The molecule has 0 unspecified atom stereocenters. The van der Waals surface area contributed by atoms with Gasteiger partial charge in [0, 0.05) is 18.7 Å². The molecule has 3 rings (SSSR count). The Hall–Kier alpha value is -2.89. The van der Waals surface area contributed by atoms with Gasteiger partial charge in [0.1, 0.15) is 11.6 Å². The van der Waals surface area contributed by atoms with Gasteiger partial charge in [-0.1, -0.05) is 12.1 Å². The largest absolute Gasteiger partial charge is 0.493 e. The maximum atomic E-state index is 14.3. The van der Waals surface area contributed by atoms with Crippen molar-refractivity contribution in [1.29, 1.82) is 0 Å². The number of anilines is 2. The quantitative estimate of drug-likeness (QED) is 0.837. The number of hydrogen-bond acceptors (Lipinski definition) is 3. The van der Waals surface area contributed by atoms with E-state index in [0.29, 0.717) is 18.7 Å². The molecule has 1 aliphatic rings. The van der Waals surface area contributed by atoms with Crippen LogP contribution in [0.15, 0.2) is 36.4 Å². The monoisotopic (exact) mass is 370 g/mol. The summed E-state index contributed by atoms with van der Waals surface area (Å²) in [6, 6.07) is 10.3. The molecule has 6 heteroatoms. The Labute approximate surface area is 158 Å². The summed E-state index contributed by atoms with van der Waals surface area (Å²) in [6.07, 6.45) is 1.33. The first-order chi connectivity index (χ1) is 12.9. The molecule has 0 saturated carbocycles. The minimum Gasteiger partial charge on any atom is -0.493 e. The lowest BCUT2D eigenvalue weighted by Crippen LogP contribution is -2.24. The summed E-state index contributed by atoms with van der Waals surface area (Å²) in [5.41, 5.74) is 2.72. The number of hydrogen-bond donors (Lipinski definition) is 1. The molecule has 0 spiro atoms. The van der Waals surface area contributed by atoms with E-state index < -0.39 is 5.82 Å².